The lowest BCUT2D eigenvalue weighted by molar-refractivity contribution is -0.173. The van der Waals surface area contributed by atoms with Gasteiger partial charge in [-0.3, -0.25) is 4.79 Å². The van der Waals surface area contributed by atoms with Crippen LogP contribution in [0.4, 0.5) is 0 Å². The number of cyclic esters (lactones) is 2. The molecular weight excluding hydrogens is 348 g/mol. The first-order valence-corrected chi connectivity index (χ1v) is 8.89. The Balaban J connectivity index is 2.04. The molecular formula is C21H26O6. The average molecular weight is 374 g/mol. The van der Waals surface area contributed by atoms with E-state index in [1.54, 1.807) is 25.2 Å². The van der Waals surface area contributed by atoms with Crippen molar-refractivity contribution in [2.24, 2.45) is 0 Å². The van der Waals surface area contributed by atoms with Crippen LogP contribution in [-0.2, 0) is 28.6 Å². The van der Waals surface area contributed by atoms with Crippen molar-refractivity contribution in [1.29, 1.82) is 0 Å². The molecule has 0 bridgehead atoms. The zero-order chi connectivity index (χ0) is 20.2. The maximum Gasteiger partial charge on any atom is 0.336 e. The summed E-state index contributed by atoms with van der Waals surface area (Å²) < 4.78 is 16.1. The van der Waals surface area contributed by atoms with E-state index in [9.17, 15) is 14.4 Å². The van der Waals surface area contributed by atoms with E-state index in [4.69, 9.17) is 14.2 Å². The molecule has 0 N–H and O–H groups in total. The molecule has 0 fully saturated rings. The zero-order valence-electron chi connectivity index (χ0n) is 16.5. The van der Waals surface area contributed by atoms with Crippen molar-refractivity contribution < 1.29 is 28.6 Å². The van der Waals surface area contributed by atoms with Crippen LogP contribution in [0, 0.1) is 0 Å². The van der Waals surface area contributed by atoms with Crippen molar-refractivity contribution >= 4 is 18.2 Å². The molecule has 0 saturated carbocycles. The van der Waals surface area contributed by atoms with Gasteiger partial charge in [-0.2, -0.15) is 0 Å². The van der Waals surface area contributed by atoms with Gasteiger partial charge in [-0.1, -0.05) is 11.1 Å². The monoisotopic (exact) mass is 374 g/mol. The highest BCUT2D eigenvalue weighted by Gasteiger charge is 2.37. The summed E-state index contributed by atoms with van der Waals surface area (Å²) >= 11 is 0. The van der Waals surface area contributed by atoms with Crippen LogP contribution in [0.2, 0.25) is 0 Å². The van der Waals surface area contributed by atoms with Crippen molar-refractivity contribution in [3.8, 4) is 0 Å². The molecule has 0 aliphatic carbocycles. The standard InChI is InChI=1S/C21H26O6/c1-13(2)17(12-22)7-6-16-9-18(26-20(16)24)8-14(3)10-21(25-5)11-15(4)19(23)27-21/h9-12,18H,6-8H2,1-5H3/b14-10+/t18-,21+/m0/s1. The maximum atomic E-state index is 12.1. The third kappa shape index (κ3) is 5.04. The normalized spacial score (nSPS) is 24.9. The predicted octanol–water partition coefficient (Wildman–Crippen LogP) is 3.34. The van der Waals surface area contributed by atoms with E-state index < -0.39 is 11.8 Å². The number of ether oxygens (including phenoxy) is 3. The highest BCUT2D eigenvalue weighted by molar-refractivity contribution is 5.91. The second-order valence-electron chi connectivity index (χ2n) is 7.12. The Morgan fingerprint density at radius 3 is 2.48 bits per heavy atom. The maximum absolute atomic E-state index is 12.1. The van der Waals surface area contributed by atoms with Crippen LogP contribution in [0.3, 0.4) is 0 Å². The largest absolute Gasteiger partial charge is 0.454 e. The fraction of sp³-hybridized carbons (Fsp3) is 0.476. The molecule has 2 rings (SSSR count). The first-order valence-electron chi connectivity index (χ1n) is 8.89. The third-order valence-electron chi connectivity index (χ3n) is 4.64. The van der Waals surface area contributed by atoms with E-state index in [2.05, 4.69) is 0 Å². The van der Waals surface area contributed by atoms with Crippen molar-refractivity contribution in [2.45, 2.75) is 58.8 Å². The summed E-state index contributed by atoms with van der Waals surface area (Å²) in [6, 6.07) is 0. The summed E-state index contributed by atoms with van der Waals surface area (Å²) in [5.74, 6) is -1.97. The van der Waals surface area contributed by atoms with Gasteiger partial charge < -0.3 is 14.2 Å². The van der Waals surface area contributed by atoms with Gasteiger partial charge in [0.1, 0.15) is 12.4 Å². The molecule has 2 heterocycles. The second kappa shape index (κ2) is 8.48. The molecule has 27 heavy (non-hydrogen) atoms. The number of carbonyl (C=O) groups is 3. The molecule has 0 spiro atoms. The molecule has 6 nitrogen and oxygen atoms in total. The Labute approximate surface area is 159 Å². The number of hydrogen-bond donors (Lipinski definition) is 0. The molecule has 146 valence electrons. The molecule has 2 aliphatic heterocycles. The van der Waals surface area contributed by atoms with Crippen LogP contribution in [0.25, 0.3) is 0 Å². The molecule has 0 aromatic rings. The van der Waals surface area contributed by atoms with Gasteiger partial charge in [-0.15, -0.1) is 0 Å². The Morgan fingerprint density at radius 1 is 1.26 bits per heavy atom. The van der Waals surface area contributed by atoms with E-state index in [-0.39, 0.29) is 12.1 Å². The summed E-state index contributed by atoms with van der Waals surface area (Å²) in [4.78, 5) is 34.8. The topological polar surface area (TPSA) is 78.9 Å². The number of hydrogen-bond acceptors (Lipinski definition) is 6. The first-order chi connectivity index (χ1) is 12.7. The zero-order valence-corrected chi connectivity index (χ0v) is 16.5. The van der Waals surface area contributed by atoms with Gasteiger partial charge in [0.2, 0.25) is 0 Å². The molecule has 0 saturated heterocycles. The smallest absolute Gasteiger partial charge is 0.336 e. The van der Waals surface area contributed by atoms with Crippen molar-refractivity contribution in [3.05, 3.63) is 46.1 Å². The molecule has 2 aliphatic rings. The molecule has 0 unspecified atom stereocenters. The minimum absolute atomic E-state index is 0.351. The average Bonchev–Trinajstić information content (AvgIpc) is 3.07. The van der Waals surface area contributed by atoms with Crippen LogP contribution in [-0.4, -0.2) is 37.2 Å². The second-order valence-corrected chi connectivity index (χ2v) is 7.12. The first kappa shape index (κ1) is 20.8. The number of aldehydes is 1. The Hall–Kier alpha value is -2.47. The highest BCUT2D eigenvalue weighted by atomic mass is 16.7. The number of carbonyl (C=O) groups excluding carboxylic acids is 3. The molecule has 2 atom stereocenters. The summed E-state index contributed by atoms with van der Waals surface area (Å²) in [6.45, 7) is 7.28. The molecule has 0 aromatic heterocycles. The quantitative estimate of drug-likeness (QED) is 0.281. The van der Waals surface area contributed by atoms with E-state index in [0.717, 1.165) is 17.4 Å². The summed E-state index contributed by atoms with van der Waals surface area (Å²) in [7, 11) is 1.47. The summed E-state index contributed by atoms with van der Waals surface area (Å²) in [5.41, 5.74) is 3.59. The third-order valence-corrected chi connectivity index (χ3v) is 4.64. The van der Waals surface area contributed by atoms with E-state index in [1.165, 1.54) is 7.11 Å². The van der Waals surface area contributed by atoms with Crippen LogP contribution in [0.15, 0.2) is 46.1 Å². The Bertz CT molecular complexity index is 764. The van der Waals surface area contributed by atoms with Gasteiger partial charge >= 0.3 is 11.9 Å². The summed E-state index contributed by atoms with van der Waals surface area (Å²) in [5, 5.41) is 0. The van der Waals surface area contributed by atoms with Crippen molar-refractivity contribution in [1.82, 2.24) is 0 Å². The molecule has 0 amide bonds. The number of rotatable bonds is 8. The number of esters is 2. The fourth-order valence-corrected chi connectivity index (χ4v) is 3.09. The van der Waals surface area contributed by atoms with Gasteiger partial charge in [0.25, 0.3) is 5.79 Å². The minimum Gasteiger partial charge on any atom is -0.454 e. The molecule has 0 aromatic carbocycles. The molecule has 6 heteroatoms. The SMILES string of the molecule is CO[C@@]1(/C=C(\C)C[C@H]2C=C(CCC(C=O)=C(C)C)C(=O)O2)C=C(C)C(=O)O1. The van der Waals surface area contributed by atoms with Gasteiger partial charge in [0, 0.05) is 30.8 Å². The van der Waals surface area contributed by atoms with Crippen molar-refractivity contribution in [3.63, 3.8) is 0 Å². The van der Waals surface area contributed by atoms with E-state index in [0.29, 0.717) is 36.0 Å². The van der Waals surface area contributed by atoms with Crippen LogP contribution in [0.1, 0.15) is 47.0 Å². The van der Waals surface area contributed by atoms with Gasteiger partial charge in [-0.05, 0) is 58.3 Å². The van der Waals surface area contributed by atoms with E-state index in [1.807, 2.05) is 20.8 Å². The Morgan fingerprint density at radius 2 is 1.96 bits per heavy atom. The summed E-state index contributed by atoms with van der Waals surface area (Å²) in [6.07, 6.45) is 7.05. The fourth-order valence-electron chi connectivity index (χ4n) is 3.09. The van der Waals surface area contributed by atoms with Crippen LogP contribution < -0.4 is 0 Å². The van der Waals surface area contributed by atoms with Crippen LogP contribution >= 0.6 is 0 Å². The lowest BCUT2D eigenvalue weighted by atomic mass is 10.0. The predicted molar refractivity (Wildman–Crippen MR) is 99.6 cm³/mol. The van der Waals surface area contributed by atoms with E-state index >= 15 is 0 Å². The molecule has 0 radical (unpaired) electrons. The highest BCUT2D eigenvalue weighted by Crippen LogP contribution is 2.30. The minimum atomic E-state index is -1.21. The number of allylic oxidation sites excluding steroid dienone is 2. The Kier molecular flexibility index (Phi) is 6.54. The van der Waals surface area contributed by atoms with Gasteiger partial charge in [0.15, 0.2) is 0 Å². The lowest BCUT2D eigenvalue weighted by Crippen LogP contribution is -2.28. The van der Waals surface area contributed by atoms with Crippen molar-refractivity contribution in [2.75, 3.05) is 7.11 Å². The lowest BCUT2D eigenvalue weighted by Gasteiger charge is -2.22. The van der Waals surface area contributed by atoms with Gasteiger partial charge in [0.05, 0.1) is 0 Å². The van der Waals surface area contributed by atoms with Crippen LogP contribution in [0.5, 0.6) is 0 Å². The van der Waals surface area contributed by atoms with Gasteiger partial charge in [-0.25, -0.2) is 9.59 Å². The number of methoxy groups -OCH3 is 1.